The number of thioether (sulfide) groups is 1. The summed E-state index contributed by atoms with van der Waals surface area (Å²) in [5, 5.41) is 20.0. The van der Waals surface area contributed by atoms with Crippen molar-refractivity contribution < 1.29 is 14.9 Å². The zero-order valence-electron chi connectivity index (χ0n) is 10.3. The number of nitrogens with two attached hydrogens (primary N) is 1. The Labute approximate surface area is 131 Å². The number of anilines is 1. The Morgan fingerprint density at radius 2 is 2.15 bits per heavy atom. The topological polar surface area (TPSA) is 119 Å². The molecule has 0 saturated carbocycles. The van der Waals surface area contributed by atoms with Gasteiger partial charge >= 0.3 is 0 Å². The lowest BCUT2D eigenvalue weighted by molar-refractivity contribution is -0.0192. The molecule has 1 fully saturated rings. The zero-order chi connectivity index (χ0) is 14.4. The van der Waals surface area contributed by atoms with Crippen molar-refractivity contribution in [3.63, 3.8) is 0 Å². The maximum absolute atomic E-state index is 10.1. The Balaban J connectivity index is 2.07. The third-order valence-corrected chi connectivity index (χ3v) is 4.46. The van der Waals surface area contributed by atoms with Crippen LogP contribution in [0.15, 0.2) is 6.33 Å². The van der Waals surface area contributed by atoms with E-state index in [1.54, 1.807) is 10.8 Å². The Morgan fingerprint density at radius 1 is 1.40 bits per heavy atom. The van der Waals surface area contributed by atoms with Gasteiger partial charge in [0.2, 0.25) is 0 Å². The van der Waals surface area contributed by atoms with Gasteiger partial charge in [0.1, 0.15) is 23.2 Å². The quantitative estimate of drug-likeness (QED) is 0.467. The molecule has 1 aliphatic heterocycles. The Kier molecular flexibility index (Phi) is 3.75. The first-order valence-electron chi connectivity index (χ1n) is 5.73. The predicted octanol–water partition coefficient (Wildman–Crippen LogP) is -0.0472. The number of rotatable bonds is 2. The van der Waals surface area contributed by atoms with E-state index in [9.17, 15) is 10.2 Å². The maximum Gasteiger partial charge on any atom is 0.194 e. The van der Waals surface area contributed by atoms with E-state index >= 15 is 0 Å². The smallest absolute Gasteiger partial charge is 0.194 e. The zero-order valence-corrected chi connectivity index (χ0v) is 13.3. The van der Waals surface area contributed by atoms with Crippen LogP contribution in [-0.2, 0) is 4.74 Å². The highest BCUT2D eigenvalue weighted by atomic mass is 127. The van der Waals surface area contributed by atoms with Gasteiger partial charge in [-0.3, -0.25) is 4.57 Å². The van der Waals surface area contributed by atoms with E-state index in [4.69, 9.17) is 10.5 Å². The van der Waals surface area contributed by atoms with Crippen LogP contribution in [0.4, 0.5) is 5.82 Å². The molecule has 1 aliphatic rings. The molecular weight excluding hydrogens is 397 g/mol. The van der Waals surface area contributed by atoms with Crippen molar-refractivity contribution in [2.24, 2.45) is 0 Å². The van der Waals surface area contributed by atoms with E-state index in [1.807, 2.05) is 22.6 Å². The van der Waals surface area contributed by atoms with Gasteiger partial charge in [-0.05, 0) is 6.26 Å². The summed E-state index contributed by atoms with van der Waals surface area (Å²) in [6.45, 7) is 0. The van der Waals surface area contributed by atoms with Gasteiger partial charge in [0.25, 0.3) is 0 Å². The van der Waals surface area contributed by atoms with E-state index in [0.29, 0.717) is 15.0 Å². The molecule has 3 heterocycles. The molecule has 2 aromatic heterocycles. The summed E-state index contributed by atoms with van der Waals surface area (Å²) in [6, 6.07) is 0. The highest BCUT2D eigenvalue weighted by molar-refractivity contribution is 14.1. The summed E-state index contributed by atoms with van der Waals surface area (Å²) in [5.74, 6) is 0.271. The lowest BCUT2D eigenvalue weighted by Crippen LogP contribution is -2.30. The van der Waals surface area contributed by atoms with Crippen molar-refractivity contribution >= 4 is 51.3 Å². The minimum atomic E-state index is -1.06. The van der Waals surface area contributed by atoms with Gasteiger partial charge in [0.05, 0.1) is 6.33 Å². The molecule has 1 saturated heterocycles. The highest BCUT2D eigenvalue weighted by Gasteiger charge is 2.44. The second kappa shape index (κ2) is 5.26. The molecule has 0 spiro atoms. The second-order valence-corrected chi connectivity index (χ2v) is 6.21. The van der Waals surface area contributed by atoms with Gasteiger partial charge in [-0.25, -0.2) is 15.0 Å². The summed E-state index contributed by atoms with van der Waals surface area (Å²) < 4.78 is 7.69. The number of fused-ring (bicyclic) bond motifs is 1. The molecule has 10 heteroatoms. The number of aliphatic hydroxyl groups is 2. The Hall–Kier alpha value is -0.690. The fourth-order valence-corrected chi connectivity index (χ4v) is 3.30. The summed E-state index contributed by atoms with van der Waals surface area (Å²) in [5.41, 5.74) is 6.22. The molecule has 3 rings (SSSR count). The minimum absolute atomic E-state index is 0.271. The first-order chi connectivity index (χ1) is 9.52. The van der Waals surface area contributed by atoms with E-state index in [2.05, 4.69) is 15.0 Å². The monoisotopic (exact) mass is 409 g/mol. The molecule has 0 bridgehead atoms. The molecule has 20 heavy (non-hydrogen) atoms. The van der Waals surface area contributed by atoms with Gasteiger partial charge in [0.15, 0.2) is 21.5 Å². The third-order valence-electron chi connectivity index (χ3n) is 3.12. The number of imidazole rings is 1. The molecular formula is C10H12IN5O3S. The van der Waals surface area contributed by atoms with E-state index in [0.717, 1.165) is 0 Å². The Bertz CT molecular complexity index is 653. The molecule has 8 nitrogen and oxygen atoms in total. The van der Waals surface area contributed by atoms with Crippen molar-refractivity contribution in [3.8, 4) is 0 Å². The first-order valence-corrected chi connectivity index (χ1v) is 8.09. The number of aromatic nitrogens is 4. The van der Waals surface area contributed by atoms with Gasteiger partial charge in [-0.2, -0.15) is 0 Å². The minimum Gasteiger partial charge on any atom is -0.387 e. The van der Waals surface area contributed by atoms with Crippen molar-refractivity contribution in [1.29, 1.82) is 0 Å². The average Bonchev–Trinajstić information content (AvgIpc) is 2.93. The molecule has 4 atom stereocenters. The number of nitrogens with zero attached hydrogens (tertiary/aromatic N) is 4. The average molecular weight is 409 g/mol. The fraction of sp³-hybridized carbons (Fsp3) is 0.500. The van der Waals surface area contributed by atoms with Crippen molar-refractivity contribution in [2.75, 3.05) is 12.0 Å². The number of hydrogen-bond acceptors (Lipinski definition) is 8. The van der Waals surface area contributed by atoms with Crippen LogP contribution in [0.1, 0.15) is 6.23 Å². The molecule has 4 N–H and O–H groups in total. The third kappa shape index (κ3) is 2.15. The van der Waals surface area contributed by atoms with Crippen LogP contribution >= 0.6 is 34.4 Å². The largest absolute Gasteiger partial charge is 0.387 e. The Morgan fingerprint density at radius 3 is 2.80 bits per heavy atom. The van der Waals surface area contributed by atoms with Crippen molar-refractivity contribution in [3.05, 3.63) is 10.2 Å². The number of halogens is 1. The summed E-state index contributed by atoms with van der Waals surface area (Å²) in [6.07, 6.45) is 0.509. The molecule has 0 amide bonds. The van der Waals surface area contributed by atoms with Crippen LogP contribution < -0.4 is 5.73 Å². The lowest BCUT2D eigenvalue weighted by Gasteiger charge is -2.16. The molecule has 0 unspecified atom stereocenters. The summed E-state index contributed by atoms with van der Waals surface area (Å²) in [4.78, 5) is 12.4. The van der Waals surface area contributed by atoms with Gasteiger partial charge in [0, 0.05) is 22.6 Å². The predicted molar refractivity (Wildman–Crippen MR) is 81.9 cm³/mol. The van der Waals surface area contributed by atoms with Crippen LogP contribution in [0.3, 0.4) is 0 Å². The van der Waals surface area contributed by atoms with Crippen molar-refractivity contribution in [1.82, 2.24) is 19.5 Å². The molecule has 108 valence electrons. The van der Waals surface area contributed by atoms with E-state index in [-0.39, 0.29) is 5.82 Å². The first kappa shape index (κ1) is 14.3. The molecule has 0 aromatic carbocycles. The number of ether oxygens (including phenoxy) is 1. The summed E-state index contributed by atoms with van der Waals surface area (Å²) >= 11 is 3.28. The standard InChI is InChI=1S/C10H12IN5O3S/c1-20-9-5(18)4(17)8(19-9)16-2-13-3-6(12)14-10(11)15-7(3)16/h2,4-5,8-9,17-18H,1H3,(H2,12,14,15)/t4-,5+,8-,9-/m1/s1. The van der Waals surface area contributed by atoms with Crippen LogP contribution in [0.2, 0.25) is 0 Å². The van der Waals surface area contributed by atoms with Crippen LogP contribution in [-0.4, -0.2) is 53.6 Å². The number of hydrogen-bond donors (Lipinski definition) is 3. The van der Waals surface area contributed by atoms with E-state index < -0.39 is 23.9 Å². The van der Waals surface area contributed by atoms with Gasteiger partial charge < -0.3 is 20.7 Å². The van der Waals surface area contributed by atoms with Crippen LogP contribution in [0.5, 0.6) is 0 Å². The number of nitrogen functional groups attached to an aromatic ring is 1. The molecule has 2 aromatic rings. The molecule has 0 radical (unpaired) electrons. The van der Waals surface area contributed by atoms with Crippen molar-refractivity contribution in [2.45, 2.75) is 23.9 Å². The lowest BCUT2D eigenvalue weighted by atomic mass is 10.2. The van der Waals surface area contributed by atoms with Gasteiger partial charge in [-0.15, -0.1) is 11.8 Å². The maximum atomic E-state index is 10.1. The normalized spacial score (nSPS) is 30.2. The number of aliphatic hydroxyl groups excluding tert-OH is 2. The van der Waals surface area contributed by atoms with Gasteiger partial charge in [-0.1, -0.05) is 0 Å². The SMILES string of the molecule is CS[C@H]1O[C@@H](n2cnc3c(N)nc(I)nc32)[C@H](O)[C@@H]1O. The van der Waals surface area contributed by atoms with Crippen LogP contribution in [0.25, 0.3) is 11.2 Å². The van der Waals surface area contributed by atoms with Crippen LogP contribution in [0, 0.1) is 3.83 Å². The summed E-state index contributed by atoms with van der Waals surface area (Å²) in [7, 11) is 0. The molecule has 0 aliphatic carbocycles. The van der Waals surface area contributed by atoms with E-state index in [1.165, 1.54) is 18.1 Å². The highest BCUT2D eigenvalue weighted by Crippen LogP contribution is 2.35. The second-order valence-electron chi connectivity index (χ2n) is 4.31. The fourth-order valence-electron chi connectivity index (χ4n) is 2.15.